The fourth-order valence-electron chi connectivity index (χ4n) is 2.57. The number of phenolic OH excluding ortho intramolecular Hbond substituents is 1. The van der Waals surface area contributed by atoms with Gasteiger partial charge in [0.1, 0.15) is 17.4 Å². The molecule has 20 heavy (non-hydrogen) atoms. The van der Waals surface area contributed by atoms with Gasteiger partial charge in [0.05, 0.1) is 5.56 Å². The summed E-state index contributed by atoms with van der Waals surface area (Å²) in [6, 6.07) is 7.75. The lowest BCUT2D eigenvalue weighted by Crippen LogP contribution is -2.05. The number of benzene rings is 2. The molecule has 0 aromatic heterocycles. The van der Waals surface area contributed by atoms with E-state index in [0.717, 1.165) is 39.7 Å². The van der Waals surface area contributed by atoms with E-state index in [1.54, 1.807) is 0 Å². The summed E-state index contributed by atoms with van der Waals surface area (Å²) in [6.45, 7) is 0. The van der Waals surface area contributed by atoms with Gasteiger partial charge in [-0.1, -0.05) is 12.1 Å². The highest BCUT2D eigenvalue weighted by atomic mass is 127. The molecule has 102 valence electrons. The molecule has 0 spiro atoms. The first-order valence-electron chi connectivity index (χ1n) is 6.23. The van der Waals surface area contributed by atoms with Crippen LogP contribution in [0.15, 0.2) is 36.4 Å². The molecule has 0 atom stereocenters. The Kier molecular flexibility index (Phi) is 3.50. The van der Waals surface area contributed by atoms with Crippen molar-refractivity contribution in [3.63, 3.8) is 0 Å². The molecule has 2 aromatic carbocycles. The highest BCUT2D eigenvalue weighted by Gasteiger charge is 2.21. The van der Waals surface area contributed by atoms with Gasteiger partial charge in [-0.15, -0.1) is 0 Å². The molecule has 2 aromatic rings. The topological polar surface area (TPSA) is 20.2 Å². The van der Waals surface area contributed by atoms with Gasteiger partial charge in [-0.2, -0.15) is 0 Å². The summed E-state index contributed by atoms with van der Waals surface area (Å²) >= 11 is 2.22. The van der Waals surface area contributed by atoms with Crippen molar-refractivity contribution in [3.8, 4) is 5.75 Å². The van der Waals surface area contributed by atoms with Crippen molar-refractivity contribution in [2.24, 2.45) is 0 Å². The molecule has 0 bridgehead atoms. The molecule has 0 saturated heterocycles. The van der Waals surface area contributed by atoms with E-state index in [1.807, 2.05) is 24.3 Å². The van der Waals surface area contributed by atoms with Crippen molar-refractivity contribution in [2.75, 3.05) is 0 Å². The maximum atomic E-state index is 14.0. The van der Waals surface area contributed by atoms with Crippen LogP contribution in [0.2, 0.25) is 0 Å². The van der Waals surface area contributed by atoms with Crippen LogP contribution >= 0.6 is 22.6 Å². The van der Waals surface area contributed by atoms with Gasteiger partial charge in [0.25, 0.3) is 0 Å². The minimum absolute atomic E-state index is 0.0649. The van der Waals surface area contributed by atoms with Crippen molar-refractivity contribution in [1.29, 1.82) is 0 Å². The smallest absolute Gasteiger partial charge is 0.137 e. The number of aromatic hydroxyl groups is 1. The maximum absolute atomic E-state index is 14.0. The molecule has 0 fully saturated rings. The number of hydrogen-bond acceptors (Lipinski definition) is 1. The molecule has 0 amide bonds. The van der Waals surface area contributed by atoms with E-state index in [1.165, 1.54) is 0 Å². The zero-order chi connectivity index (χ0) is 14.3. The van der Waals surface area contributed by atoms with E-state index in [4.69, 9.17) is 0 Å². The van der Waals surface area contributed by atoms with Crippen LogP contribution in [0.25, 0.3) is 5.57 Å². The van der Waals surface area contributed by atoms with Crippen molar-refractivity contribution < 1.29 is 13.9 Å². The van der Waals surface area contributed by atoms with E-state index < -0.39 is 17.4 Å². The second-order valence-corrected chi connectivity index (χ2v) is 5.99. The lowest BCUT2D eigenvalue weighted by Gasteiger charge is -2.19. The highest BCUT2D eigenvalue weighted by Crippen LogP contribution is 2.36. The van der Waals surface area contributed by atoms with Gasteiger partial charge in [-0.05, 0) is 64.3 Å². The minimum Gasteiger partial charge on any atom is -0.508 e. The first-order chi connectivity index (χ1) is 9.56. The van der Waals surface area contributed by atoms with Gasteiger partial charge >= 0.3 is 0 Å². The quantitative estimate of drug-likeness (QED) is 0.710. The molecule has 1 aliphatic carbocycles. The third-order valence-electron chi connectivity index (χ3n) is 3.42. The van der Waals surface area contributed by atoms with Crippen molar-refractivity contribution in [2.45, 2.75) is 12.8 Å². The fraction of sp³-hybridized carbons (Fsp3) is 0.125. The standard InChI is InChI=1S/C16H11F2IO/c17-14-7-11(20)8-15(18)16(14)13-3-1-2-9-6-10(19)4-5-12(9)13/h3-8,20H,1-2H2. The van der Waals surface area contributed by atoms with Crippen LogP contribution in [-0.4, -0.2) is 5.11 Å². The minimum atomic E-state index is -0.736. The van der Waals surface area contributed by atoms with Gasteiger partial charge in [0.2, 0.25) is 0 Å². The van der Waals surface area contributed by atoms with Crippen LogP contribution < -0.4 is 0 Å². The van der Waals surface area contributed by atoms with Gasteiger partial charge < -0.3 is 5.11 Å². The van der Waals surface area contributed by atoms with Crippen molar-refractivity contribution >= 4 is 28.2 Å². The molecule has 1 nitrogen and oxygen atoms in total. The first kappa shape index (κ1) is 13.5. The number of rotatable bonds is 1. The Bertz CT molecular complexity index is 699. The molecule has 3 rings (SSSR count). The van der Waals surface area contributed by atoms with Gasteiger partial charge in [0.15, 0.2) is 0 Å². The second-order valence-electron chi connectivity index (χ2n) is 4.74. The number of allylic oxidation sites excluding steroid dienone is 1. The van der Waals surface area contributed by atoms with E-state index in [0.29, 0.717) is 5.57 Å². The normalized spacial score (nSPS) is 13.8. The zero-order valence-corrected chi connectivity index (χ0v) is 12.6. The summed E-state index contributed by atoms with van der Waals surface area (Å²) < 4.78 is 29.2. The van der Waals surface area contributed by atoms with Crippen LogP contribution in [0.5, 0.6) is 5.75 Å². The Hall–Kier alpha value is -1.43. The molecule has 4 heteroatoms. The number of phenols is 1. The Balaban J connectivity index is 2.20. The molecular formula is C16H11F2IO. The van der Waals surface area contributed by atoms with Gasteiger partial charge in [-0.3, -0.25) is 0 Å². The van der Waals surface area contributed by atoms with Crippen LogP contribution in [0.3, 0.4) is 0 Å². The van der Waals surface area contributed by atoms with Crippen molar-refractivity contribution in [3.05, 3.63) is 68.3 Å². The van der Waals surface area contributed by atoms with Crippen LogP contribution in [0.1, 0.15) is 23.1 Å². The molecular weight excluding hydrogens is 373 g/mol. The lowest BCUT2D eigenvalue weighted by atomic mass is 9.86. The fourth-order valence-corrected chi connectivity index (χ4v) is 3.12. The molecule has 1 N–H and O–H groups in total. The van der Waals surface area contributed by atoms with Crippen molar-refractivity contribution in [1.82, 2.24) is 0 Å². The van der Waals surface area contributed by atoms with E-state index in [2.05, 4.69) is 22.6 Å². The maximum Gasteiger partial charge on any atom is 0.137 e. The average Bonchev–Trinajstić information content (AvgIpc) is 2.37. The summed E-state index contributed by atoms with van der Waals surface area (Å²) in [4.78, 5) is 0. The molecule has 0 unspecified atom stereocenters. The van der Waals surface area contributed by atoms with Gasteiger partial charge in [-0.25, -0.2) is 8.78 Å². The van der Waals surface area contributed by atoms with Crippen LogP contribution in [-0.2, 0) is 6.42 Å². The van der Waals surface area contributed by atoms with E-state index >= 15 is 0 Å². The second kappa shape index (κ2) is 5.16. The molecule has 0 radical (unpaired) electrons. The molecule has 1 aliphatic rings. The number of fused-ring (bicyclic) bond motifs is 1. The summed E-state index contributed by atoms with van der Waals surface area (Å²) in [5, 5.41) is 9.25. The molecule has 0 aliphatic heterocycles. The Labute approximate surface area is 129 Å². The third-order valence-corrected chi connectivity index (χ3v) is 4.09. The van der Waals surface area contributed by atoms with Gasteiger partial charge in [0, 0.05) is 15.7 Å². The molecule has 0 heterocycles. The summed E-state index contributed by atoms with van der Waals surface area (Å²) in [5.41, 5.74) is 2.46. The Morgan fingerprint density at radius 3 is 2.45 bits per heavy atom. The SMILES string of the molecule is Oc1cc(F)c(C2=CCCc3cc(I)ccc32)c(F)c1. The predicted molar refractivity (Wildman–Crippen MR) is 82.6 cm³/mol. The van der Waals surface area contributed by atoms with E-state index in [9.17, 15) is 13.9 Å². The highest BCUT2D eigenvalue weighted by molar-refractivity contribution is 14.1. The van der Waals surface area contributed by atoms with Crippen LogP contribution in [0, 0.1) is 15.2 Å². The molecule has 0 saturated carbocycles. The average molecular weight is 384 g/mol. The Morgan fingerprint density at radius 1 is 1.05 bits per heavy atom. The number of aryl methyl sites for hydroxylation is 1. The first-order valence-corrected chi connectivity index (χ1v) is 7.31. The number of hydrogen-bond donors (Lipinski definition) is 1. The van der Waals surface area contributed by atoms with E-state index in [-0.39, 0.29) is 5.56 Å². The van der Waals surface area contributed by atoms with Crippen LogP contribution in [0.4, 0.5) is 8.78 Å². The monoisotopic (exact) mass is 384 g/mol. The summed E-state index contributed by atoms with van der Waals surface area (Å²) in [6.07, 6.45) is 3.48. The lowest BCUT2D eigenvalue weighted by molar-refractivity contribution is 0.459. The summed E-state index contributed by atoms with van der Waals surface area (Å²) in [5.74, 6) is -1.87. The predicted octanol–water partition coefficient (Wildman–Crippen LogP) is 4.65. The Morgan fingerprint density at radius 2 is 1.75 bits per heavy atom. The summed E-state index contributed by atoms with van der Waals surface area (Å²) in [7, 11) is 0. The number of halogens is 3. The largest absolute Gasteiger partial charge is 0.508 e. The zero-order valence-electron chi connectivity index (χ0n) is 10.5. The third kappa shape index (κ3) is 2.32.